The number of rotatable bonds is 6. The van der Waals surface area contributed by atoms with E-state index in [-0.39, 0.29) is 17.6 Å². The number of nitrogens with one attached hydrogen (secondary N) is 1. The fourth-order valence-electron chi connectivity index (χ4n) is 4.53. The molecule has 0 aliphatic carbocycles. The fraction of sp³-hybridized carbons (Fsp3) is 0.636. The molecule has 154 valence electrons. The van der Waals surface area contributed by atoms with E-state index < -0.39 is 11.6 Å². The van der Waals surface area contributed by atoms with Gasteiger partial charge >= 0.3 is 0 Å². The van der Waals surface area contributed by atoms with Crippen LogP contribution >= 0.6 is 0 Å². The van der Waals surface area contributed by atoms with Gasteiger partial charge in [-0.05, 0) is 49.3 Å². The lowest BCUT2D eigenvalue weighted by Crippen LogP contribution is -2.73. The monoisotopic (exact) mass is 389 g/mol. The first-order valence-electron chi connectivity index (χ1n) is 10.4. The molecular formula is C22H32FN3O2. The molecule has 0 bridgehead atoms. The molecule has 1 spiro atoms. The van der Waals surface area contributed by atoms with Gasteiger partial charge in [0.25, 0.3) is 0 Å². The van der Waals surface area contributed by atoms with Crippen molar-refractivity contribution in [3.8, 4) is 0 Å². The van der Waals surface area contributed by atoms with Crippen LogP contribution in [-0.2, 0) is 16.1 Å². The lowest BCUT2D eigenvalue weighted by Gasteiger charge is -2.52. The van der Waals surface area contributed by atoms with Gasteiger partial charge in [-0.15, -0.1) is 0 Å². The Bertz CT molecular complexity index is 713. The summed E-state index contributed by atoms with van der Waals surface area (Å²) in [4.78, 5) is 30.4. The molecule has 1 N–H and O–H groups in total. The molecule has 0 radical (unpaired) electrons. The molecule has 1 aromatic rings. The molecule has 6 heteroatoms. The van der Waals surface area contributed by atoms with E-state index in [9.17, 15) is 14.0 Å². The lowest BCUT2D eigenvalue weighted by atomic mass is 9.80. The van der Waals surface area contributed by atoms with Crippen LogP contribution in [0.25, 0.3) is 0 Å². The second kappa shape index (κ2) is 8.60. The van der Waals surface area contributed by atoms with E-state index in [1.54, 1.807) is 12.1 Å². The Morgan fingerprint density at radius 1 is 1.25 bits per heavy atom. The maximum Gasteiger partial charge on any atom is 0.246 e. The van der Waals surface area contributed by atoms with Crippen molar-refractivity contribution in [3.63, 3.8) is 0 Å². The van der Waals surface area contributed by atoms with Gasteiger partial charge in [-0.2, -0.15) is 0 Å². The van der Waals surface area contributed by atoms with Gasteiger partial charge in [-0.3, -0.25) is 14.5 Å². The highest BCUT2D eigenvalue weighted by Gasteiger charge is 2.53. The van der Waals surface area contributed by atoms with Crippen molar-refractivity contribution in [2.75, 3.05) is 19.6 Å². The van der Waals surface area contributed by atoms with Crippen molar-refractivity contribution < 1.29 is 14.0 Å². The highest BCUT2D eigenvalue weighted by molar-refractivity contribution is 6.00. The fourth-order valence-corrected chi connectivity index (χ4v) is 4.53. The summed E-state index contributed by atoms with van der Waals surface area (Å²) in [6.07, 6.45) is 2.75. The van der Waals surface area contributed by atoms with Crippen LogP contribution in [0, 0.1) is 11.7 Å². The normalized spacial score (nSPS) is 22.8. The number of likely N-dealkylation sites (tertiary alicyclic amines) is 1. The summed E-state index contributed by atoms with van der Waals surface area (Å²) >= 11 is 0. The third kappa shape index (κ3) is 4.22. The summed E-state index contributed by atoms with van der Waals surface area (Å²) in [6.45, 7) is 8.89. The third-order valence-corrected chi connectivity index (χ3v) is 5.94. The molecule has 1 unspecified atom stereocenters. The molecule has 1 aromatic carbocycles. The average Bonchev–Trinajstić information content (AvgIpc) is 2.64. The van der Waals surface area contributed by atoms with E-state index in [1.807, 2.05) is 17.9 Å². The van der Waals surface area contributed by atoms with E-state index in [4.69, 9.17) is 0 Å². The SMILES string of the molecule is CCCN1C(=O)C(CC(C)C)NC(=O)C12CCN(Cc1cccc(F)c1)CC2. The summed E-state index contributed by atoms with van der Waals surface area (Å²) < 4.78 is 13.4. The quantitative estimate of drug-likeness (QED) is 0.814. The number of benzene rings is 1. The zero-order valence-corrected chi connectivity index (χ0v) is 17.2. The highest BCUT2D eigenvalue weighted by atomic mass is 19.1. The minimum absolute atomic E-state index is 0.00314. The number of piperazine rings is 1. The minimum Gasteiger partial charge on any atom is -0.342 e. The number of amides is 2. The molecule has 5 nitrogen and oxygen atoms in total. The predicted octanol–water partition coefficient (Wildman–Crippen LogP) is 2.94. The molecule has 0 aromatic heterocycles. The maximum absolute atomic E-state index is 13.4. The van der Waals surface area contributed by atoms with Gasteiger partial charge in [-0.25, -0.2) is 4.39 Å². The Hall–Kier alpha value is -1.95. The molecule has 1 atom stereocenters. The van der Waals surface area contributed by atoms with Crippen molar-refractivity contribution in [1.29, 1.82) is 0 Å². The summed E-state index contributed by atoms with van der Waals surface area (Å²) in [5.74, 6) is 0.179. The van der Waals surface area contributed by atoms with Gasteiger partial charge in [0.1, 0.15) is 17.4 Å². The van der Waals surface area contributed by atoms with Crippen molar-refractivity contribution in [2.24, 2.45) is 5.92 Å². The number of carbonyl (C=O) groups is 2. The molecule has 2 aliphatic heterocycles. The molecular weight excluding hydrogens is 357 g/mol. The molecule has 28 heavy (non-hydrogen) atoms. The van der Waals surface area contributed by atoms with Crippen molar-refractivity contribution >= 4 is 11.8 Å². The zero-order valence-electron chi connectivity index (χ0n) is 17.2. The van der Waals surface area contributed by atoms with E-state index >= 15 is 0 Å². The number of nitrogens with zero attached hydrogens (tertiary/aromatic N) is 2. The first kappa shape index (κ1) is 20.8. The van der Waals surface area contributed by atoms with Crippen molar-refractivity contribution in [3.05, 3.63) is 35.6 Å². The molecule has 2 aliphatic rings. The van der Waals surface area contributed by atoms with Gasteiger partial charge < -0.3 is 10.2 Å². The van der Waals surface area contributed by atoms with Crippen LogP contribution in [0.3, 0.4) is 0 Å². The van der Waals surface area contributed by atoms with Gasteiger partial charge in [0.2, 0.25) is 11.8 Å². The first-order valence-corrected chi connectivity index (χ1v) is 10.4. The highest BCUT2D eigenvalue weighted by Crippen LogP contribution is 2.34. The Morgan fingerprint density at radius 3 is 2.57 bits per heavy atom. The molecule has 2 fully saturated rings. The van der Waals surface area contributed by atoms with E-state index in [0.29, 0.717) is 51.4 Å². The number of halogens is 1. The van der Waals surface area contributed by atoms with Crippen molar-refractivity contribution in [1.82, 2.24) is 15.1 Å². The van der Waals surface area contributed by atoms with E-state index in [1.165, 1.54) is 6.07 Å². The zero-order chi connectivity index (χ0) is 20.3. The molecule has 2 saturated heterocycles. The maximum atomic E-state index is 13.4. The number of piperidine rings is 1. The number of hydrogen-bond donors (Lipinski definition) is 1. The van der Waals surface area contributed by atoms with Gasteiger partial charge in [0.05, 0.1) is 0 Å². The van der Waals surface area contributed by atoms with Crippen LogP contribution < -0.4 is 5.32 Å². The van der Waals surface area contributed by atoms with Gasteiger partial charge in [0, 0.05) is 26.2 Å². The topological polar surface area (TPSA) is 52.7 Å². The second-order valence-electron chi connectivity index (χ2n) is 8.58. The molecule has 2 amide bonds. The second-order valence-corrected chi connectivity index (χ2v) is 8.58. The molecule has 3 rings (SSSR count). The summed E-state index contributed by atoms with van der Waals surface area (Å²) in [5, 5.41) is 3.02. The molecule has 0 saturated carbocycles. The minimum atomic E-state index is -0.737. The van der Waals surface area contributed by atoms with Crippen LogP contribution in [0.1, 0.15) is 52.0 Å². The lowest BCUT2D eigenvalue weighted by molar-refractivity contribution is -0.161. The van der Waals surface area contributed by atoms with Crippen LogP contribution in [0.15, 0.2) is 24.3 Å². The Kier molecular flexibility index (Phi) is 6.38. The standard InChI is InChI=1S/C22H32FN3O2/c1-4-10-26-20(27)19(13-16(2)3)24-21(28)22(26)8-11-25(12-9-22)15-17-6-5-7-18(23)14-17/h5-7,14,16,19H,4,8-13,15H2,1-3H3,(H,24,28). The summed E-state index contributed by atoms with van der Waals surface area (Å²) in [7, 11) is 0. The Morgan fingerprint density at radius 2 is 1.96 bits per heavy atom. The van der Waals surface area contributed by atoms with Crippen LogP contribution in [-0.4, -0.2) is 52.8 Å². The predicted molar refractivity (Wildman–Crippen MR) is 107 cm³/mol. The van der Waals surface area contributed by atoms with Crippen LogP contribution in [0.4, 0.5) is 4.39 Å². The first-order chi connectivity index (χ1) is 13.4. The summed E-state index contributed by atoms with van der Waals surface area (Å²) in [5.41, 5.74) is 0.196. The Labute approximate surface area is 167 Å². The van der Waals surface area contributed by atoms with Crippen molar-refractivity contribution in [2.45, 2.75) is 64.6 Å². The summed E-state index contributed by atoms with van der Waals surface area (Å²) in [6, 6.07) is 6.24. The Balaban J connectivity index is 1.72. The average molecular weight is 390 g/mol. The van der Waals surface area contributed by atoms with Crippen LogP contribution in [0.5, 0.6) is 0 Å². The van der Waals surface area contributed by atoms with E-state index in [2.05, 4.69) is 24.1 Å². The smallest absolute Gasteiger partial charge is 0.246 e. The molecule has 2 heterocycles. The van der Waals surface area contributed by atoms with Crippen LogP contribution in [0.2, 0.25) is 0 Å². The largest absolute Gasteiger partial charge is 0.342 e. The van der Waals surface area contributed by atoms with Gasteiger partial charge in [0.15, 0.2) is 0 Å². The number of hydrogen-bond acceptors (Lipinski definition) is 3. The number of carbonyl (C=O) groups excluding carboxylic acids is 2. The van der Waals surface area contributed by atoms with Gasteiger partial charge in [-0.1, -0.05) is 32.9 Å². The third-order valence-electron chi connectivity index (χ3n) is 5.94. The van der Waals surface area contributed by atoms with E-state index in [0.717, 1.165) is 12.0 Å².